The maximum atomic E-state index is 12.6. The number of carboxylic acids is 1. The van der Waals surface area contributed by atoms with Crippen LogP contribution in [0.4, 0.5) is 0 Å². The summed E-state index contributed by atoms with van der Waals surface area (Å²) in [4.78, 5) is 33.5. The number of allylic oxidation sites excluding steroid dienone is 8. The Kier molecular flexibility index (Phi) is 39.6. The lowest BCUT2D eigenvalue weighted by Crippen LogP contribution is -2.34. The third-order valence-corrected chi connectivity index (χ3v) is 10.3. The van der Waals surface area contributed by atoms with Crippen LogP contribution < -0.4 is 5.73 Å². The topological polar surface area (TPSA) is 155 Å². The minimum absolute atomic E-state index is 0.00513. The fraction of sp³-hybridized carbons (Fsp3) is 0.778. The van der Waals surface area contributed by atoms with Crippen LogP contribution in [-0.4, -0.2) is 60.5 Å². The van der Waals surface area contributed by atoms with Gasteiger partial charge in [-0.2, -0.15) is 0 Å². The highest BCUT2D eigenvalue weighted by molar-refractivity contribution is 7.47. The normalized spacial score (nSPS) is 14.4. The predicted molar refractivity (Wildman–Crippen MR) is 231 cm³/mol. The van der Waals surface area contributed by atoms with E-state index in [1.807, 2.05) is 0 Å². The van der Waals surface area contributed by atoms with E-state index >= 15 is 0 Å². The Morgan fingerprint density at radius 2 is 1.04 bits per heavy atom. The number of carbonyl (C=O) groups is 2. The molecule has 0 radical (unpaired) electrons. The van der Waals surface area contributed by atoms with E-state index in [-0.39, 0.29) is 13.0 Å². The number of rotatable bonds is 42. The molecule has 0 saturated heterocycles. The minimum Gasteiger partial charge on any atom is -0.480 e. The summed E-state index contributed by atoms with van der Waals surface area (Å²) in [5.41, 5.74) is 5.36. The highest BCUT2D eigenvalue weighted by Crippen LogP contribution is 2.43. The smallest absolute Gasteiger partial charge is 0.472 e. The van der Waals surface area contributed by atoms with E-state index in [1.54, 1.807) is 0 Å². The molecule has 0 rings (SSSR count). The summed E-state index contributed by atoms with van der Waals surface area (Å²) in [6.45, 7) is 3.74. The van der Waals surface area contributed by atoms with Crippen molar-refractivity contribution in [1.82, 2.24) is 0 Å². The molecule has 56 heavy (non-hydrogen) atoms. The number of hydrogen-bond donors (Lipinski definition) is 3. The number of phosphoric ester groups is 1. The van der Waals surface area contributed by atoms with Crippen molar-refractivity contribution in [2.45, 2.75) is 199 Å². The third kappa shape index (κ3) is 40.1. The lowest BCUT2D eigenvalue weighted by molar-refractivity contribution is -0.154. The Morgan fingerprint density at radius 1 is 0.589 bits per heavy atom. The maximum absolute atomic E-state index is 12.6. The molecule has 0 saturated carbocycles. The third-order valence-electron chi connectivity index (χ3n) is 9.37. The van der Waals surface area contributed by atoms with Gasteiger partial charge in [-0.15, -0.1) is 0 Å². The summed E-state index contributed by atoms with van der Waals surface area (Å²) in [6, 6.07) is -1.48. The van der Waals surface area contributed by atoms with Crippen molar-refractivity contribution >= 4 is 19.8 Å². The molecule has 0 heterocycles. The molecule has 11 heteroatoms. The summed E-state index contributed by atoms with van der Waals surface area (Å²) in [5, 5.41) is 8.90. The highest BCUT2D eigenvalue weighted by Gasteiger charge is 2.27. The fourth-order valence-corrected chi connectivity index (χ4v) is 6.73. The zero-order chi connectivity index (χ0) is 41.2. The summed E-state index contributed by atoms with van der Waals surface area (Å²) in [6.07, 6.45) is 47.3. The van der Waals surface area contributed by atoms with E-state index in [9.17, 15) is 19.0 Å². The van der Waals surface area contributed by atoms with E-state index < -0.39 is 45.1 Å². The Morgan fingerprint density at radius 3 is 1.55 bits per heavy atom. The van der Waals surface area contributed by atoms with Gasteiger partial charge >= 0.3 is 19.8 Å². The molecule has 0 bridgehead atoms. The van der Waals surface area contributed by atoms with Gasteiger partial charge in [-0.25, -0.2) is 4.57 Å². The molecule has 0 fully saturated rings. The Bertz CT molecular complexity index is 1080. The number of nitrogens with two attached hydrogens (primary N) is 1. The molecule has 0 aliphatic rings. The van der Waals surface area contributed by atoms with Crippen LogP contribution in [-0.2, 0) is 32.7 Å². The lowest BCUT2D eigenvalue weighted by atomic mass is 10.0. The number of esters is 1. The standard InChI is InChI=1S/C45H82NO9P/c1-3-5-7-9-11-13-15-17-19-21-22-24-26-28-30-32-34-36-38-52-39-42(40-53-56(50,51)54-41-43(46)45(48)49)55-44(47)37-35-33-31-29-27-25-23-20-18-16-14-12-10-8-6-4-2/h5,7,11,13,17,19,22,24,42-43H,3-4,6,8-10,12,14-16,18,20-21,23,25-41,46H2,1-2H3,(H,48,49)(H,50,51)/b7-5-,13-11-,19-17-,24-22-. The fourth-order valence-electron chi connectivity index (χ4n) is 5.95. The van der Waals surface area contributed by atoms with Gasteiger partial charge in [0.2, 0.25) is 0 Å². The SMILES string of the molecule is CC/C=C\C/C=C\C/C=C\C/C=C\CCCCCCCOCC(COP(=O)(O)OCC(N)C(=O)O)OC(=O)CCCCCCCCCCCCCCCCCC. The molecule has 0 aromatic carbocycles. The number of phosphoric acid groups is 1. The summed E-state index contributed by atoms with van der Waals surface area (Å²) in [7, 11) is -4.62. The van der Waals surface area contributed by atoms with Gasteiger partial charge in [-0.3, -0.25) is 18.6 Å². The van der Waals surface area contributed by atoms with Crippen molar-refractivity contribution in [3.05, 3.63) is 48.6 Å². The van der Waals surface area contributed by atoms with Gasteiger partial charge in [0, 0.05) is 13.0 Å². The van der Waals surface area contributed by atoms with Crippen LogP contribution in [0.1, 0.15) is 187 Å². The Hall–Kier alpha value is -2.07. The van der Waals surface area contributed by atoms with Crippen LogP contribution in [0.15, 0.2) is 48.6 Å². The average molecular weight is 812 g/mol. The summed E-state index contributed by atoms with van der Waals surface area (Å²) in [5.74, 6) is -1.78. The molecule has 0 aromatic rings. The molecular formula is C45H82NO9P. The highest BCUT2D eigenvalue weighted by atomic mass is 31.2. The number of carboxylic acid groups (broad SMARTS) is 1. The van der Waals surface area contributed by atoms with Crippen LogP contribution in [0, 0.1) is 0 Å². The van der Waals surface area contributed by atoms with Crippen molar-refractivity contribution in [1.29, 1.82) is 0 Å². The zero-order valence-electron chi connectivity index (χ0n) is 35.5. The number of ether oxygens (including phenoxy) is 2. The largest absolute Gasteiger partial charge is 0.480 e. The first-order chi connectivity index (χ1) is 27.2. The predicted octanol–water partition coefficient (Wildman–Crippen LogP) is 12.3. The number of aliphatic carboxylic acids is 1. The lowest BCUT2D eigenvalue weighted by Gasteiger charge is -2.20. The van der Waals surface area contributed by atoms with Gasteiger partial charge in [0.1, 0.15) is 12.1 Å². The van der Waals surface area contributed by atoms with Gasteiger partial charge in [0.05, 0.1) is 19.8 Å². The summed E-state index contributed by atoms with van der Waals surface area (Å²) >= 11 is 0. The second-order valence-electron chi connectivity index (χ2n) is 14.8. The molecule has 0 aliphatic heterocycles. The molecule has 326 valence electrons. The van der Waals surface area contributed by atoms with Crippen molar-refractivity contribution in [2.75, 3.05) is 26.4 Å². The zero-order valence-corrected chi connectivity index (χ0v) is 36.4. The summed E-state index contributed by atoms with van der Waals surface area (Å²) < 4.78 is 33.4. The van der Waals surface area contributed by atoms with Crippen molar-refractivity contribution < 1.29 is 42.7 Å². The van der Waals surface area contributed by atoms with E-state index in [0.717, 1.165) is 77.0 Å². The Labute approximate surface area is 341 Å². The van der Waals surface area contributed by atoms with Crippen LogP contribution in [0.25, 0.3) is 0 Å². The molecule has 3 atom stereocenters. The van der Waals surface area contributed by atoms with Gasteiger partial charge in [0.25, 0.3) is 0 Å². The Balaban J connectivity index is 4.26. The molecule has 0 amide bonds. The van der Waals surface area contributed by atoms with E-state index in [4.69, 9.17) is 29.4 Å². The second-order valence-corrected chi connectivity index (χ2v) is 16.3. The van der Waals surface area contributed by atoms with Crippen LogP contribution in [0.2, 0.25) is 0 Å². The van der Waals surface area contributed by atoms with Gasteiger partial charge in [-0.05, 0) is 51.4 Å². The van der Waals surface area contributed by atoms with Crippen molar-refractivity contribution in [2.24, 2.45) is 5.73 Å². The number of carbonyl (C=O) groups excluding carboxylic acids is 1. The van der Waals surface area contributed by atoms with Crippen LogP contribution >= 0.6 is 7.82 Å². The molecule has 0 aliphatic carbocycles. The van der Waals surface area contributed by atoms with E-state index in [1.165, 1.54) is 83.5 Å². The first kappa shape index (κ1) is 53.9. The van der Waals surface area contributed by atoms with E-state index in [0.29, 0.717) is 13.0 Å². The first-order valence-corrected chi connectivity index (χ1v) is 23.7. The number of unbranched alkanes of at least 4 members (excludes halogenated alkanes) is 20. The van der Waals surface area contributed by atoms with Gasteiger partial charge in [-0.1, -0.05) is 178 Å². The second kappa shape index (κ2) is 41.1. The molecule has 3 unspecified atom stereocenters. The molecule has 0 spiro atoms. The van der Waals surface area contributed by atoms with E-state index in [2.05, 4.69) is 62.5 Å². The van der Waals surface area contributed by atoms with Gasteiger partial charge < -0.3 is 25.2 Å². The van der Waals surface area contributed by atoms with Crippen LogP contribution in [0.3, 0.4) is 0 Å². The van der Waals surface area contributed by atoms with Crippen molar-refractivity contribution in [3.8, 4) is 0 Å². The molecular weight excluding hydrogens is 729 g/mol. The van der Waals surface area contributed by atoms with Crippen LogP contribution in [0.5, 0.6) is 0 Å². The molecule has 4 N–H and O–H groups in total. The maximum Gasteiger partial charge on any atom is 0.472 e. The monoisotopic (exact) mass is 812 g/mol. The average Bonchev–Trinajstić information content (AvgIpc) is 3.18. The minimum atomic E-state index is -4.62. The molecule has 10 nitrogen and oxygen atoms in total. The first-order valence-electron chi connectivity index (χ1n) is 22.2. The quantitative estimate of drug-likeness (QED) is 0.0235. The molecule has 0 aromatic heterocycles. The number of hydrogen-bond acceptors (Lipinski definition) is 8. The van der Waals surface area contributed by atoms with Gasteiger partial charge in [0.15, 0.2) is 0 Å². The van der Waals surface area contributed by atoms with Crippen molar-refractivity contribution in [3.63, 3.8) is 0 Å².